The third-order valence-corrected chi connectivity index (χ3v) is 3.48. The SMILES string of the molecule is Cc1ccc(C(=O)Nc2ccc(-n3cnnn3)c(C)c2)cc1F. The fourth-order valence-electron chi connectivity index (χ4n) is 2.20. The minimum Gasteiger partial charge on any atom is -0.322 e. The van der Waals surface area contributed by atoms with E-state index in [4.69, 9.17) is 0 Å². The van der Waals surface area contributed by atoms with Crippen molar-refractivity contribution in [3.63, 3.8) is 0 Å². The predicted molar refractivity (Wildman–Crippen MR) is 83.0 cm³/mol. The summed E-state index contributed by atoms with van der Waals surface area (Å²) in [6.45, 7) is 3.54. The van der Waals surface area contributed by atoms with Crippen LogP contribution in [0.1, 0.15) is 21.5 Å². The molecule has 116 valence electrons. The molecule has 1 heterocycles. The first kappa shape index (κ1) is 14.8. The van der Waals surface area contributed by atoms with Crippen LogP contribution in [0.4, 0.5) is 10.1 Å². The number of nitrogens with zero attached hydrogens (tertiary/aromatic N) is 4. The lowest BCUT2D eigenvalue weighted by Crippen LogP contribution is -2.12. The van der Waals surface area contributed by atoms with E-state index in [0.29, 0.717) is 11.3 Å². The number of hydrogen-bond acceptors (Lipinski definition) is 4. The number of benzene rings is 2. The van der Waals surface area contributed by atoms with Gasteiger partial charge in [-0.3, -0.25) is 4.79 Å². The molecule has 0 radical (unpaired) electrons. The summed E-state index contributed by atoms with van der Waals surface area (Å²) in [5.74, 6) is -0.763. The summed E-state index contributed by atoms with van der Waals surface area (Å²) in [4.78, 5) is 12.2. The second-order valence-corrected chi connectivity index (χ2v) is 5.17. The Hall–Kier alpha value is -3.09. The van der Waals surface area contributed by atoms with E-state index in [1.165, 1.54) is 17.1 Å². The number of aryl methyl sites for hydroxylation is 2. The van der Waals surface area contributed by atoms with Crippen molar-refractivity contribution in [2.75, 3.05) is 5.32 Å². The molecule has 7 heteroatoms. The lowest BCUT2D eigenvalue weighted by Gasteiger charge is -2.09. The average molecular weight is 311 g/mol. The molecule has 0 saturated heterocycles. The van der Waals surface area contributed by atoms with Gasteiger partial charge in [-0.1, -0.05) is 6.07 Å². The van der Waals surface area contributed by atoms with Crippen molar-refractivity contribution >= 4 is 11.6 Å². The van der Waals surface area contributed by atoms with Gasteiger partial charge in [0.1, 0.15) is 12.1 Å². The van der Waals surface area contributed by atoms with Crippen molar-refractivity contribution in [1.29, 1.82) is 0 Å². The highest BCUT2D eigenvalue weighted by Crippen LogP contribution is 2.19. The van der Waals surface area contributed by atoms with Crippen molar-refractivity contribution in [1.82, 2.24) is 20.2 Å². The Kier molecular flexibility index (Phi) is 3.84. The number of hydrogen-bond donors (Lipinski definition) is 1. The standard InChI is InChI=1S/C16H14FN5O/c1-10-3-4-12(8-14(10)17)16(23)19-13-5-6-15(11(2)7-13)22-9-18-20-21-22/h3-9H,1-2H3,(H,19,23). The van der Waals surface area contributed by atoms with Gasteiger partial charge in [0.05, 0.1) is 5.69 Å². The van der Waals surface area contributed by atoms with Crippen LogP contribution >= 0.6 is 0 Å². The molecule has 0 fully saturated rings. The summed E-state index contributed by atoms with van der Waals surface area (Å²) in [5, 5.41) is 13.8. The Bertz CT molecular complexity index is 861. The lowest BCUT2D eigenvalue weighted by molar-refractivity contribution is 0.102. The fraction of sp³-hybridized carbons (Fsp3) is 0.125. The maximum absolute atomic E-state index is 13.6. The van der Waals surface area contributed by atoms with Crippen LogP contribution in [0.15, 0.2) is 42.7 Å². The third kappa shape index (κ3) is 3.08. The molecule has 0 aliphatic heterocycles. The predicted octanol–water partition coefficient (Wildman–Crippen LogP) is 2.67. The highest BCUT2D eigenvalue weighted by molar-refractivity contribution is 6.04. The molecule has 1 N–H and O–H groups in total. The van der Waals surface area contributed by atoms with E-state index in [1.807, 2.05) is 6.92 Å². The maximum atomic E-state index is 13.6. The van der Waals surface area contributed by atoms with Crippen LogP contribution in [-0.4, -0.2) is 26.1 Å². The summed E-state index contributed by atoms with van der Waals surface area (Å²) in [7, 11) is 0. The molecule has 0 unspecified atom stereocenters. The quantitative estimate of drug-likeness (QED) is 0.807. The monoisotopic (exact) mass is 311 g/mol. The van der Waals surface area contributed by atoms with Crippen LogP contribution in [0.3, 0.4) is 0 Å². The zero-order chi connectivity index (χ0) is 16.4. The normalized spacial score (nSPS) is 10.6. The minimum absolute atomic E-state index is 0.273. The number of amides is 1. The number of halogens is 1. The Morgan fingerprint density at radius 1 is 1.13 bits per heavy atom. The van der Waals surface area contributed by atoms with Crippen LogP contribution in [0.5, 0.6) is 0 Å². The molecule has 0 saturated carbocycles. The van der Waals surface area contributed by atoms with Crippen LogP contribution in [0.2, 0.25) is 0 Å². The first-order valence-electron chi connectivity index (χ1n) is 6.96. The van der Waals surface area contributed by atoms with Crippen molar-refractivity contribution in [2.24, 2.45) is 0 Å². The molecule has 1 aromatic heterocycles. The van der Waals surface area contributed by atoms with E-state index in [1.54, 1.807) is 37.3 Å². The van der Waals surface area contributed by atoms with Gasteiger partial charge in [0.15, 0.2) is 0 Å². The Morgan fingerprint density at radius 3 is 2.61 bits per heavy atom. The topological polar surface area (TPSA) is 72.7 Å². The molecular weight excluding hydrogens is 297 g/mol. The summed E-state index contributed by atoms with van der Waals surface area (Å²) >= 11 is 0. The van der Waals surface area contributed by atoms with Crippen LogP contribution in [0.25, 0.3) is 5.69 Å². The molecule has 0 atom stereocenters. The number of rotatable bonds is 3. The van der Waals surface area contributed by atoms with Crippen molar-refractivity contribution in [3.05, 3.63) is 65.2 Å². The molecule has 1 amide bonds. The summed E-state index contributed by atoms with van der Waals surface area (Å²) in [5.41, 5.74) is 3.10. The van der Waals surface area contributed by atoms with Crippen molar-refractivity contribution in [3.8, 4) is 5.69 Å². The number of tetrazole rings is 1. The molecule has 6 nitrogen and oxygen atoms in total. The van der Waals surface area contributed by atoms with Crippen LogP contribution in [-0.2, 0) is 0 Å². The van der Waals surface area contributed by atoms with Gasteiger partial charge >= 0.3 is 0 Å². The van der Waals surface area contributed by atoms with E-state index >= 15 is 0 Å². The maximum Gasteiger partial charge on any atom is 0.255 e. The second-order valence-electron chi connectivity index (χ2n) is 5.17. The number of aromatic nitrogens is 4. The van der Waals surface area contributed by atoms with E-state index in [-0.39, 0.29) is 11.5 Å². The Labute approximate surface area is 132 Å². The highest BCUT2D eigenvalue weighted by atomic mass is 19.1. The van der Waals surface area contributed by atoms with Crippen LogP contribution in [0, 0.1) is 19.7 Å². The van der Waals surface area contributed by atoms with E-state index in [2.05, 4.69) is 20.8 Å². The smallest absolute Gasteiger partial charge is 0.255 e. The number of nitrogens with one attached hydrogen (secondary N) is 1. The van der Waals surface area contributed by atoms with Gasteiger partial charge in [-0.25, -0.2) is 9.07 Å². The lowest BCUT2D eigenvalue weighted by atomic mass is 10.1. The van der Waals surface area contributed by atoms with Gasteiger partial charge in [0, 0.05) is 11.3 Å². The largest absolute Gasteiger partial charge is 0.322 e. The van der Waals surface area contributed by atoms with Crippen molar-refractivity contribution in [2.45, 2.75) is 13.8 Å². The van der Waals surface area contributed by atoms with Gasteiger partial charge < -0.3 is 5.32 Å². The minimum atomic E-state index is -0.400. The molecule has 0 aliphatic carbocycles. The number of carbonyl (C=O) groups excluding carboxylic acids is 1. The number of carbonyl (C=O) groups is 1. The summed E-state index contributed by atoms with van der Waals surface area (Å²) < 4.78 is 15.1. The molecule has 2 aromatic carbocycles. The van der Waals surface area contributed by atoms with E-state index in [9.17, 15) is 9.18 Å². The van der Waals surface area contributed by atoms with Gasteiger partial charge in [-0.15, -0.1) is 5.10 Å². The van der Waals surface area contributed by atoms with Gasteiger partial charge in [-0.2, -0.15) is 0 Å². The van der Waals surface area contributed by atoms with Gasteiger partial charge in [0.2, 0.25) is 0 Å². The van der Waals surface area contributed by atoms with Gasteiger partial charge in [0.25, 0.3) is 5.91 Å². The zero-order valence-electron chi connectivity index (χ0n) is 12.6. The van der Waals surface area contributed by atoms with Crippen molar-refractivity contribution < 1.29 is 9.18 Å². The molecule has 23 heavy (non-hydrogen) atoms. The van der Waals surface area contributed by atoms with E-state index in [0.717, 1.165) is 11.3 Å². The van der Waals surface area contributed by atoms with Gasteiger partial charge in [-0.05, 0) is 65.7 Å². The Balaban J connectivity index is 1.81. The second kappa shape index (κ2) is 5.96. The van der Waals surface area contributed by atoms with Crippen LogP contribution < -0.4 is 5.32 Å². The average Bonchev–Trinajstić information content (AvgIpc) is 3.04. The first-order chi connectivity index (χ1) is 11.0. The summed E-state index contributed by atoms with van der Waals surface area (Å²) in [6.07, 6.45) is 1.50. The molecule has 0 aliphatic rings. The number of anilines is 1. The molecule has 3 rings (SSSR count). The Morgan fingerprint density at radius 2 is 1.96 bits per heavy atom. The highest BCUT2D eigenvalue weighted by Gasteiger charge is 2.10. The molecule has 3 aromatic rings. The fourth-order valence-corrected chi connectivity index (χ4v) is 2.20. The first-order valence-corrected chi connectivity index (χ1v) is 6.96. The summed E-state index contributed by atoms with van der Waals surface area (Å²) in [6, 6.07) is 9.75. The van der Waals surface area contributed by atoms with E-state index < -0.39 is 5.82 Å². The zero-order valence-corrected chi connectivity index (χ0v) is 12.6. The third-order valence-electron chi connectivity index (χ3n) is 3.48. The molecule has 0 spiro atoms. The molecular formula is C16H14FN5O. The molecule has 0 bridgehead atoms.